The van der Waals surface area contributed by atoms with E-state index < -0.39 is 54.5 Å². The number of anilines is 2. The van der Waals surface area contributed by atoms with Crippen LogP contribution in [0.2, 0.25) is 0 Å². The van der Waals surface area contributed by atoms with Crippen LogP contribution in [0.3, 0.4) is 0 Å². The largest absolute Gasteiger partial charge is 0.491 e. The van der Waals surface area contributed by atoms with E-state index in [1.54, 1.807) is 69.3 Å². The Bertz CT molecular complexity index is 1700. The van der Waals surface area contributed by atoms with Crippen molar-refractivity contribution >= 4 is 35.4 Å². The summed E-state index contributed by atoms with van der Waals surface area (Å²) >= 11 is 0. The van der Waals surface area contributed by atoms with Crippen molar-refractivity contribution in [1.29, 1.82) is 0 Å². The Labute approximate surface area is 262 Å². The molecule has 0 fully saturated rings. The molecule has 2 unspecified atom stereocenters. The third-order valence-corrected chi connectivity index (χ3v) is 6.85. The van der Waals surface area contributed by atoms with E-state index in [9.17, 15) is 32.3 Å². The number of nitrogens with two attached hydrogens (primary N) is 1. The van der Waals surface area contributed by atoms with E-state index in [0.717, 1.165) is 4.90 Å². The molecule has 1 aromatic heterocycles. The van der Waals surface area contributed by atoms with Gasteiger partial charge in [0.15, 0.2) is 6.61 Å². The maximum atomic E-state index is 14.3. The second-order valence-electron chi connectivity index (χ2n) is 10.7. The number of aromatic nitrogens is 2. The summed E-state index contributed by atoms with van der Waals surface area (Å²) in [7, 11) is 0. The summed E-state index contributed by atoms with van der Waals surface area (Å²) in [6.45, 7) is 6.56. The van der Waals surface area contributed by atoms with E-state index in [4.69, 9.17) is 10.5 Å². The number of fused-ring (bicyclic) bond motifs is 1. The smallest absolute Gasteiger partial charge is 0.464 e. The maximum Gasteiger partial charge on any atom is 0.491 e. The Morgan fingerprint density at radius 3 is 2.37 bits per heavy atom. The first kappa shape index (κ1) is 33.4. The minimum Gasteiger partial charge on any atom is -0.464 e. The van der Waals surface area contributed by atoms with Gasteiger partial charge in [0, 0.05) is 29.4 Å². The van der Waals surface area contributed by atoms with Gasteiger partial charge in [-0.25, -0.2) is 9.78 Å². The van der Waals surface area contributed by atoms with Crippen LogP contribution in [-0.4, -0.2) is 63.5 Å². The van der Waals surface area contributed by atoms with Crippen molar-refractivity contribution in [3.63, 3.8) is 0 Å². The van der Waals surface area contributed by atoms with Crippen molar-refractivity contribution in [3.05, 3.63) is 77.0 Å². The third kappa shape index (κ3) is 7.60. The Morgan fingerprint density at radius 2 is 1.74 bits per heavy atom. The summed E-state index contributed by atoms with van der Waals surface area (Å²) in [6, 6.07) is 11.7. The molecule has 0 radical (unpaired) electrons. The number of carbonyl (C=O) groups excluding carboxylic acids is 4. The van der Waals surface area contributed by atoms with Gasteiger partial charge >= 0.3 is 18.1 Å². The molecule has 46 heavy (non-hydrogen) atoms. The van der Waals surface area contributed by atoms with Gasteiger partial charge in [-0.15, -0.1) is 0 Å². The van der Waals surface area contributed by atoms with Crippen molar-refractivity contribution < 1.29 is 41.8 Å². The molecule has 2 atom stereocenters. The first-order valence-corrected chi connectivity index (χ1v) is 14.1. The first-order chi connectivity index (χ1) is 21.7. The highest BCUT2D eigenvalue weighted by molar-refractivity contribution is 6.12. The number of nitrogens with zero attached hydrogens (tertiary/aromatic N) is 4. The van der Waals surface area contributed by atoms with Crippen molar-refractivity contribution in [2.75, 3.05) is 17.2 Å². The van der Waals surface area contributed by atoms with E-state index >= 15 is 0 Å². The molecule has 0 spiro atoms. The lowest BCUT2D eigenvalue weighted by molar-refractivity contribution is -0.202. The van der Waals surface area contributed by atoms with Crippen LogP contribution in [0.5, 0.6) is 5.88 Å². The highest BCUT2D eigenvalue weighted by Crippen LogP contribution is 2.38. The summed E-state index contributed by atoms with van der Waals surface area (Å²) in [6.07, 6.45) is -6.19. The lowest BCUT2D eigenvalue weighted by atomic mass is 10.0. The summed E-state index contributed by atoms with van der Waals surface area (Å²) in [5.41, 5.74) is 7.40. The predicted molar refractivity (Wildman–Crippen MR) is 159 cm³/mol. The molecular formula is C32H30F3N5O6. The van der Waals surface area contributed by atoms with Crippen molar-refractivity contribution in [3.8, 4) is 17.7 Å². The molecule has 1 aliphatic rings. The monoisotopic (exact) mass is 637 g/mol. The first-order valence-electron chi connectivity index (χ1n) is 14.1. The van der Waals surface area contributed by atoms with Crippen molar-refractivity contribution in [2.45, 2.75) is 58.4 Å². The van der Waals surface area contributed by atoms with Gasteiger partial charge < -0.3 is 25.0 Å². The van der Waals surface area contributed by atoms with Crippen LogP contribution < -0.4 is 15.4 Å². The fraction of sp³-hybridized carbons (Fsp3) is 0.312. The molecule has 4 rings (SSSR count). The Kier molecular flexibility index (Phi) is 9.94. The molecule has 1 aliphatic heterocycles. The van der Waals surface area contributed by atoms with Gasteiger partial charge in [-0.1, -0.05) is 42.2 Å². The molecule has 14 heteroatoms. The fourth-order valence-corrected chi connectivity index (χ4v) is 4.97. The zero-order chi connectivity index (χ0) is 33.8. The molecule has 0 saturated carbocycles. The van der Waals surface area contributed by atoms with Crippen LogP contribution in [0, 0.1) is 18.8 Å². The second-order valence-corrected chi connectivity index (χ2v) is 10.7. The number of esters is 2. The number of halogens is 3. The molecule has 2 heterocycles. The lowest BCUT2D eigenvalue weighted by Gasteiger charge is -2.36. The van der Waals surface area contributed by atoms with E-state index in [-0.39, 0.29) is 29.7 Å². The highest BCUT2D eigenvalue weighted by Gasteiger charge is 2.45. The predicted octanol–water partition coefficient (Wildman–Crippen LogP) is 4.15. The van der Waals surface area contributed by atoms with Crippen LogP contribution in [0.25, 0.3) is 0 Å². The third-order valence-electron chi connectivity index (χ3n) is 6.85. The van der Waals surface area contributed by atoms with Crippen LogP contribution in [0.15, 0.2) is 54.6 Å². The SMILES string of the molecule is Cc1cc(OCC#Cc2ccc3c(c2)C(=O)N(C(C)CC(=O)OC(=O)C(F)(F)F)C(c2ccccc2)C(=O)N3C(C)C)nc(N)n1. The number of benzene rings is 2. The molecule has 11 nitrogen and oxygen atoms in total. The Balaban J connectivity index is 1.72. The summed E-state index contributed by atoms with van der Waals surface area (Å²) in [4.78, 5) is 62.8. The van der Waals surface area contributed by atoms with Crippen LogP contribution in [0.4, 0.5) is 24.8 Å². The van der Waals surface area contributed by atoms with Gasteiger partial charge in [0.05, 0.1) is 17.7 Å². The van der Waals surface area contributed by atoms with Crippen molar-refractivity contribution in [1.82, 2.24) is 14.9 Å². The van der Waals surface area contributed by atoms with Gasteiger partial charge in [0.1, 0.15) is 6.04 Å². The zero-order valence-corrected chi connectivity index (χ0v) is 25.3. The fourth-order valence-electron chi connectivity index (χ4n) is 4.97. The number of ether oxygens (including phenoxy) is 2. The standard InChI is InChI=1S/C32H30F3N5O6/c1-18(2)39-24-13-12-21(9-8-14-45-25-15-19(3)37-31(36)38-25)17-23(24)28(42)40(27(29(39)43)22-10-6-5-7-11-22)20(4)16-26(41)46-30(44)32(33,34)35/h5-7,10-13,15,17-18,20,27H,14,16H2,1-4H3,(H2,36,37,38). The highest BCUT2D eigenvalue weighted by atomic mass is 19.4. The molecule has 2 amide bonds. The normalized spacial score (nSPS) is 15.4. The molecule has 2 N–H and O–H groups in total. The number of aryl methyl sites for hydroxylation is 1. The molecule has 240 valence electrons. The molecule has 0 aliphatic carbocycles. The molecule has 2 aromatic carbocycles. The number of amides is 2. The summed E-state index contributed by atoms with van der Waals surface area (Å²) in [5.74, 6) is 0.633. The lowest BCUT2D eigenvalue weighted by Crippen LogP contribution is -2.48. The van der Waals surface area contributed by atoms with Gasteiger partial charge in [-0.3, -0.25) is 14.4 Å². The quantitative estimate of drug-likeness (QED) is 0.230. The van der Waals surface area contributed by atoms with Gasteiger partial charge in [-0.2, -0.15) is 18.2 Å². The number of hydrogen-bond donors (Lipinski definition) is 1. The van der Waals surface area contributed by atoms with Crippen LogP contribution >= 0.6 is 0 Å². The van der Waals surface area contributed by atoms with Gasteiger partial charge in [0.25, 0.3) is 11.8 Å². The zero-order valence-electron chi connectivity index (χ0n) is 25.3. The topological polar surface area (TPSA) is 145 Å². The minimum absolute atomic E-state index is 0.0456. The minimum atomic E-state index is -5.39. The van der Waals surface area contributed by atoms with Gasteiger partial charge in [0.2, 0.25) is 11.8 Å². The number of hydrogen-bond acceptors (Lipinski definition) is 9. The maximum absolute atomic E-state index is 14.3. The summed E-state index contributed by atoms with van der Waals surface area (Å²) in [5, 5.41) is 0. The summed E-state index contributed by atoms with van der Waals surface area (Å²) < 4.78 is 47.7. The van der Waals surface area contributed by atoms with E-state index in [1.165, 1.54) is 17.9 Å². The second kappa shape index (κ2) is 13.7. The number of carbonyl (C=O) groups is 4. The Hall–Kier alpha value is -5.45. The number of rotatable bonds is 7. The van der Waals surface area contributed by atoms with Gasteiger partial charge in [-0.05, 0) is 51.5 Å². The molecular weight excluding hydrogens is 607 g/mol. The number of alkyl halides is 3. The number of nitrogen functional groups attached to an aromatic ring is 1. The van der Waals surface area contributed by atoms with E-state index in [2.05, 4.69) is 26.5 Å². The molecule has 0 bridgehead atoms. The average Bonchev–Trinajstić information content (AvgIpc) is 3.06. The van der Waals surface area contributed by atoms with Crippen LogP contribution in [-0.2, 0) is 19.1 Å². The van der Waals surface area contributed by atoms with E-state index in [1.807, 2.05) is 0 Å². The molecule has 0 saturated heterocycles. The van der Waals surface area contributed by atoms with E-state index in [0.29, 0.717) is 16.8 Å². The Morgan fingerprint density at radius 1 is 1.04 bits per heavy atom. The van der Waals surface area contributed by atoms with Crippen molar-refractivity contribution in [2.24, 2.45) is 0 Å². The molecule has 3 aromatic rings. The average molecular weight is 638 g/mol. The van der Waals surface area contributed by atoms with Crippen LogP contribution in [0.1, 0.15) is 60.4 Å².